The van der Waals surface area contributed by atoms with Crippen molar-refractivity contribution in [2.24, 2.45) is 5.18 Å². The average Bonchev–Trinajstić information content (AvgIpc) is 3.27. The molecule has 0 bridgehead atoms. The SMILES string of the molecule is N#Cc1ccc(N=O)cc1OCCNCCNc1nc(Cl)nc2c1CCC2c1ccc(F)cc1. The van der Waals surface area contributed by atoms with Crippen molar-refractivity contribution in [3.8, 4) is 11.8 Å². The summed E-state index contributed by atoms with van der Waals surface area (Å²) in [7, 11) is 0. The number of nitrogens with zero attached hydrogens (tertiary/aromatic N) is 4. The van der Waals surface area contributed by atoms with Gasteiger partial charge in [-0.1, -0.05) is 12.1 Å². The Bertz CT molecular complexity index is 1220. The van der Waals surface area contributed by atoms with E-state index < -0.39 is 0 Å². The number of rotatable bonds is 10. The highest BCUT2D eigenvalue weighted by Crippen LogP contribution is 2.40. The highest BCUT2D eigenvalue weighted by atomic mass is 35.5. The van der Waals surface area contributed by atoms with E-state index in [4.69, 9.17) is 21.6 Å². The molecule has 0 fully saturated rings. The van der Waals surface area contributed by atoms with E-state index in [1.807, 2.05) is 6.07 Å². The molecule has 4 rings (SSSR count). The number of aromatic nitrogens is 2. The highest BCUT2D eigenvalue weighted by molar-refractivity contribution is 6.28. The van der Waals surface area contributed by atoms with Crippen LogP contribution in [0.5, 0.6) is 5.75 Å². The molecule has 0 amide bonds. The van der Waals surface area contributed by atoms with Gasteiger partial charge in [-0.3, -0.25) is 0 Å². The molecule has 3 aromatic rings. The Hall–Kier alpha value is -3.61. The third-order valence-corrected chi connectivity index (χ3v) is 5.79. The van der Waals surface area contributed by atoms with Gasteiger partial charge in [0.2, 0.25) is 5.28 Å². The number of nitriles is 1. The van der Waals surface area contributed by atoms with Crippen LogP contribution in [-0.4, -0.2) is 36.2 Å². The summed E-state index contributed by atoms with van der Waals surface area (Å²) in [6, 6.07) is 13.0. The summed E-state index contributed by atoms with van der Waals surface area (Å²) in [6.45, 7) is 2.11. The molecule has 0 saturated heterocycles. The third kappa shape index (κ3) is 5.47. The lowest BCUT2D eigenvalue weighted by molar-refractivity contribution is 0.314. The van der Waals surface area contributed by atoms with Gasteiger partial charge in [0.15, 0.2) is 0 Å². The van der Waals surface area contributed by atoms with E-state index >= 15 is 0 Å². The number of hydrogen-bond donors (Lipinski definition) is 2. The molecule has 8 nitrogen and oxygen atoms in total. The monoisotopic (exact) mass is 480 g/mol. The fraction of sp³-hybridized carbons (Fsp3) is 0.292. The number of benzene rings is 2. The van der Waals surface area contributed by atoms with Gasteiger partial charge in [-0.05, 0) is 59.4 Å². The van der Waals surface area contributed by atoms with E-state index in [0.29, 0.717) is 37.6 Å². The number of fused-ring (bicyclic) bond motifs is 1. The third-order valence-electron chi connectivity index (χ3n) is 5.62. The molecule has 34 heavy (non-hydrogen) atoms. The molecule has 174 valence electrons. The molecule has 2 aromatic carbocycles. The van der Waals surface area contributed by atoms with Crippen LogP contribution in [0.2, 0.25) is 5.28 Å². The van der Waals surface area contributed by atoms with Crippen molar-refractivity contribution < 1.29 is 9.13 Å². The number of nitrogens with one attached hydrogen (secondary N) is 2. The Morgan fingerprint density at radius 2 is 2.00 bits per heavy atom. The Morgan fingerprint density at radius 1 is 1.18 bits per heavy atom. The van der Waals surface area contributed by atoms with Crippen molar-refractivity contribution in [1.29, 1.82) is 5.26 Å². The molecule has 0 radical (unpaired) electrons. The summed E-state index contributed by atoms with van der Waals surface area (Å²) < 4.78 is 18.9. The van der Waals surface area contributed by atoms with Crippen molar-refractivity contribution in [1.82, 2.24) is 15.3 Å². The lowest BCUT2D eigenvalue weighted by Gasteiger charge is -2.14. The smallest absolute Gasteiger partial charge is 0.224 e. The predicted molar refractivity (Wildman–Crippen MR) is 127 cm³/mol. The first-order valence-electron chi connectivity index (χ1n) is 10.9. The molecule has 1 aliphatic rings. The second-order valence-corrected chi connectivity index (χ2v) is 8.09. The van der Waals surface area contributed by atoms with Crippen LogP contribution in [0.4, 0.5) is 15.9 Å². The molecule has 0 saturated carbocycles. The zero-order valence-corrected chi connectivity index (χ0v) is 19.0. The van der Waals surface area contributed by atoms with Crippen molar-refractivity contribution in [2.45, 2.75) is 18.8 Å². The maximum absolute atomic E-state index is 13.3. The molecular formula is C24H22ClFN6O2. The number of ether oxygens (including phenoxy) is 1. The number of nitroso groups, excluding NO2 is 1. The summed E-state index contributed by atoms with van der Waals surface area (Å²) in [5.41, 5.74) is 3.49. The number of hydrogen-bond acceptors (Lipinski definition) is 8. The topological polar surface area (TPSA) is 112 Å². The maximum atomic E-state index is 13.3. The molecule has 10 heteroatoms. The molecule has 1 atom stereocenters. The van der Waals surface area contributed by atoms with E-state index in [9.17, 15) is 9.30 Å². The summed E-state index contributed by atoms with van der Waals surface area (Å²) in [4.78, 5) is 19.5. The van der Waals surface area contributed by atoms with E-state index in [0.717, 1.165) is 35.5 Å². The fourth-order valence-electron chi connectivity index (χ4n) is 4.01. The molecule has 1 heterocycles. The minimum Gasteiger partial charge on any atom is -0.491 e. The van der Waals surface area contributed by atoms with Crippen LogP contribution in [-0.2, 0) is 6.42 Å². The summed E-state index contributed by atoms with van der Waals surface area (Å²) in [6.07, 6.45) is 1.68. The second-order valence-electron chi connectivity index (χ2n) is 7.76. The molecule has 1 aromatic heterocycles. The van der Waals surface area contributed by atoms with Gasteiger partial charge in [0.05, 0.1) is 11.3 Å². The molecule has 0 aliphatic heterocycles. The standard InChI is InChI=1S/C24H22ClFN6O2/c25-24-30-22-19(15-1-4-17(26)5-2-15)7-8-20(22)23(31-24)29-10-9-28-11-12-34-21-13-18(32-33)6-3-16(21)14-27/h1-6,13,19,28H,7-12H2,(H,29,30,31). The minimum absolute atomic E-state index is 0.0677. The van der Waals surface area contributed by atoms with Crippen molar-refractivity contribution in [3.05, 3.63) is 80.9 Å². The van der Waals surface area contributed by atoms with E-state index in [-0.39, 0.29) is 22.7 Å². The molecular weight excluding hydrogens is 459 g/mol. The van der Waals surface area contributed by atoms with E-state index in [2.05, 4.69) is 25.8 Å². The lowest BCUT2D eigenvalue weighted by atomic mass is 9.97. The first-order chi connectivity index (χ1) is 16.6. The fourth-order valence-corrected chi connectivity index (χ4v) is 4.18. The Morgan fingerprint density at radius 3 is 2.76 bits per heavy atom. The largest absolute Gasteiger partial charge is 0.491 e. The number of anilines is 1. The van der Waals surface area contributed by atoms with Crippen molar-refractivity contribution in [2.75, 3.05) is 31.6 Å². The van der Waals surface area contributed by atoms with Crippen molar-refractivity contribution >= 4 is 23.1 Å². The summed E-state index contributed by atoms with van der Waals surface area (Å²) >= 11 is 6.19. The Labute approximate surface area is 201 Å². The van der Waals surface area contributed by atoms with Gasteiger partial charge in [-0.25, -0.2) is 14.4 Å². The summed E-state index contributed by atoms with van der Waals surface area (Å²) in [5, 5.41) is 18.8. The van der Waals surface area contributed by atoms with Gasteiger partial charge in [-0.2, -0.15) is 5.26 Å². The van der Waals surface area contributed by atoms with Crippen LogP contribution >= 0.6 is 11.6 Å². The number of halogens is 2. The normalized spacial score (nSPS) is 14.3. The molecule has 1 unspecified atom stereocenters. The van der Waals surface area contributed by atoms with Gasteiger partial charge in [0.1, 0.15) is 35.7 Å². The first kappa shape index (κ1) is 23.5. The maximum Gasteiger partial charge on any atom is 0.224 e. The zero-order chi connectivity index (χ0) is 23.9. The van der Waals surface area contributed by atoms with Crippen LogP contribution in [0.15, 0.2) is 47.6 Å². The highest BCUT2D eigenvalue weighted by Gasteiger charge is 2.29. The predicted octanol–water partition coefficient (Wildman–Crippen LogP) is 4.70. The van der Waals surface area contributed by atoms with Gasteiger partial charge in [0.25, 0.3) is 0 Å². The van der Waals surface area contributed by atoms with E-state index in [1.54, 1.807) is 12.1 Å². The van der Waals surface area contributed by atoms with Gasteiger partial charge in [-0.15, -0.1) is 4.91 Å². The average molecular weight is 481 g/mol. The lowest BCUT2D eigenvalue weighted by Crippen LogP contribution is -2.27. The van der Waals surface area contributed by atoms with Crippen LogP contribution in [0.25, 0.3) is 0 Å². The molecule has 2 N–H and O–H groups in total. The van der Waals surface area contributed by atoms with Crippen LogP contribution in [0.1, 0.15) is 34.7 Å². The van der Waals surface area contributed by atoms with Crippen LogP contribution < -0.4 is 15.4 Å². The van der Waals surface area contributed by atoms with E-state index in [1.165, 1.54) is 30.3 Å². The van der Waals surface area contributed by atoms with Gasteiger partial charge < -0.3 is 15.4 Å². The van der Waals surface area contributed by atoms with Gasteiger partial charge in [0, 0.05) is 37.2 Å². The quantitative estimate of drug-likeness (QED) is 0.246. The Balaban J connectivity index is 1.28. The zero-order valence-electron chi connectivity index (χ0n) is 18.2. The van der Waals surface area contributed by atoms with Gasteiger partial charge >= 0.3 is 0 Å². The second kappa shape index (κ2) is 11.0. The first-order valence-corrected chi connectivity index (χ1v) is 11.2. The Kier molecular flexibility index (Phi) is 7.62. The molecule has 1 aliphatic carbocycles. The minimum atomic E-state index is -0.264. The van der Waals surface area contributed by atoms with Crippen LogP contribution in [0, 0.1) is 22.1 Å². The van der Waals surface area contributed by atoms with Crippen molar-refractivity contribution in [3.63, 3.8) is 0 Å². The summed E-state index contributed by atoms with van der Waals surface area (Å²) in [5.74, 6) is 0.856. The van der Waals surface area contributed by atoms with Crippen LogP contribution in [0.3, 0.4) is 0 Å². The molecule has 0 spiro atoms.